The molecular formula is C35H22N2O. The summed E-state index contributed by atoms with van der Waals surface area (Å²) in [6.45, 7) is 0. The van der Waals surface area contributed by atoms with Gasteiger partial charge in [0, 0.05) is 27.4 Å². The quantitative estimate of drug-likeness (QED) is 0.249. The lowest BCUT2D eigenvalue weighted by Gasteiger charge is -2.12. The number of hydrogen-bond donors (Lipinski definition) is 0. The molecule has 178 valence electrons. The standard InChI is InChI=1S/C35H22N2O/c1-2-10-26(30-21-22-34-35(36-30)29-13-5-8-16-33(29)38-34)25(9-1)23-17-19-24(20-18-23)37-31-14-6-3-11-27(31)28-12-4-7-15-32(28)37/h1-22H. The lowest BCUT2D eigenvalue weighted by atomic mass is 9.97. The Bertz CT molecular complexity index is 2080. The van der Waals surface area contributed by atoms with Crippen LogP contribution in [0.15, 0.2) is 138 Å². The van der Waals surface area contributed by atoms with Gasteiger partial charge in [-0.05, 0) is 59.7 Å². The average molecular weight is 487 g/mol. The van der Waals surface area contributed by atoms with Crippen molar-refractivity contribution in [1.82, 2.24) is 9.55 Å². The molecule has 0 saturated heterocycles. The SMILES string of the molecule is c1ccc(-c2ccc3oc4ccccc4c3n2)c(-c2ccc(-n3c4ccccc4c4ccccc43)cc2)c1. The second-order valence-electron chi connectivity index (χ2n) is 9.60. The van der Waals surface area contributed by atoms with Crippen molar-refractivity contribution < 1.29 is 4.42 Å². The molecular weight excluding hydrogens is 464 g/mol. The number of benzene rings is 5. The molecule has 0 aliphatic heterocycles. The zero-order chi connectivity index (χ0) is 25.1. The third-order valence-electron chi connectivity index (χ3n) is 7.44. The van der Waals surface area contributed by atoms with Crippen molar-refractivity contribution in [3.63, 3.8) is 0 Å². The van der Waals surface area contributed by atoms with E-state index in [1.54, 1.807) is 0 Å². The topological polar surface area (TPSA) is 31.0 Å². The van der Waals surface area contributed by atoms with Gasteiger partial charge in [0.1, 0.15) is 11.1 Å². The molecule has 8 rings (SSSR count). The normalized spacial score (nSPS) is 11.7. The van der Waals surface area contributed by atoms with Gasteiger partial charge in [0.05, 0.1) is 16.7 Å². The van der Waals surface area contributed by atoms with Crippen LogP contribution in [0.25, 0.3) is 71.9 Å². The molecule has 0 aliphatic carbocycles. The summed E-state index contributed by atoms with van der Waals surface area (Å²) in [4.78, 5) is 5.05. The highest BCUT2D eigenvalue weighted by Crippen LogP contribution is 2.36. The van der Waals surface area contributed by atoms with Gasteiger partial charge in [-0.25, -0.2) is 4.98 Å². The summed E-state index contributed by atoms with van der Waals surface area (Å²) in [7, 11) is 0. The smallest absolute Gasteiger partial charge is 0.153 e. The van der Waals surface area contributed by atoms with Crippen molar-refractivity contribution in [3.05, 3.63) is 133 Å². The van der Waals surface area contributed by atoms with Crippen LogP contribution in [0.2, 0.25) is 0 Å². The second kappa shape index (κ2) is 8.19. The third-order valence-corrected chi connectivity index (χ3v) is 7.44. The van der Waals surface area contributed by atoms with Crippen LogP contribution in [0.3, 0.4) is 0 Å². The molecule has 0 fully saturated rings. The van der Waals surface area contributed by atoms with E-state index in [0.717, 1.165) is 50.1 Å². The predicted molar refractivity (Wildman–Crippen MR) is 157 cm³/mol. The van der Waals surface area contributed by atoms with E-state index in [1.807, 2.05) is 24.3 Å². The maximum atomic E-state index is 6.00. The first-order valence-electron chi connectivity index (χ1n) is 12.8. The lowest BCUT2D eigenvalue weighted by Crippen LogP contribution is -1.94. The van der Waals surface area contributed by atoms with Gasteiger partial charge in [-0.1, -0.05) is 84.9 Å². The van der Waals surface area contributed by atoms with Gasteiger partial charge in [-0.15, -0.1) is 0 Å². The Morgan fingerprint density at radius 3 is 1.82 bits per heavy atom. The molecule has 3 aromatic heterocycles. The van der Waals surface area contributed by atoms with Crippen molar-refractivity contribution >= 4 is 43.9 Å². The van der Waals surface area contributed by atoms with E-state index in [0.29, 0.717) is 0 Å². The number of furan rings is 1. The minimum Gasteiger partial charge on any atom is -0.454 e. The third kappa shape index (κ3) is 3.12. The number of fused-ring (bicyclic) bond motifs is 6. The van der Waals surface area contributed by atoms with E-state index >= 15 is 0 Å². The van der Waals surface area contributed by atoms with Crippen LogP contribution < -0.4 is 0 Å². The first kappa shape index (κ1) is 21.0. The molecule has 0 aliphatic rings. The molecule has 0 spiro atoms. The Labute approximate surface area is 219 Å². The highest BCUT2D eigenvalue weighted by Gasteiger charge is 2.14. The van der Waals surface area contributed by atoms with Gasteiger partial charge in [0.25, 0.3) is 0 Å². The number of rotatable bonds is 3. The summed E-state index contributed by atoms with van der Waals surface area (Å²) >= 11 is 0. The molecule has 0 N–H and O–H groups in total. The number of nitrogens with zero attached hydrogens (tertiary/aromatic N) is 2. The average Bonchev–Trinajstić information content (AvgIpc) is 3.53. The van der Waals surface area contributed by atoms with E-state index in [4.69, 9.17) is 9.40 Å². The number of aromatic nitrogens is 2. The number of para-hydroxylation sites is 3. The monoisotopic (exact) mass is 486 g/mol. The van der Waals surface area contributed by atoms with Gasteiger partial charge >= 0.3 is 0 Å². The van der Waals surface area contributed by atoms with Crippen molar-refractivity contribution in [2.45, 2.75) is 0 Å². The fourth-order valence-corrected chi connectivity index (χ4v) is 5.69. The van der Waals surface area contributed by atoms with Crippen molar-refractivity contribution in [2.75, 3.05) is 0 Å². The van der Waals surface area contributed by atoms with Gasteiger partial charge < -0.3 is 8.98 Å². The van der Waals surface area contributed by atoms with E-state index in [-0.39, 0.29) is 0 Å². The molecule has 0 amide bonds. The minimum absolute atomic E-state index is 0.808. The minimum atomic E-state index is 0.808. The van der Waals surface area contributed by atoms with Crippen molar-refractivity contribution in [3.8, 4) is 28.1 Å². The highest BCUT2D eigenvalue weighted by molar-refractivity contribution is 6.09. The lowest BCUT2D eigenvalue weighted by molar-refractivity contribution is 0.668. The van der Waals surface area contributed by atoms with E-state index in [1.165, 1.54) is 21.8 Å². The number of hydrogen-bond acceptors (Lipinski definition) is 2. The van der Waals surface area contributed by atoms with Crippen LogP contribution in [0.4, 0.5) is 0 Å². The van der Waals surface area contributed by atoms with Crippen LogP contribution in [-0.2, 0) is 0 Å². The molecule has 5 aromatic carbocycles. The first-order chi connectivity index (χ1) is 18.8. The first-order valence-corrected chi connectivity index (χ1v) is 12.8. The zero-order valence-corrected chi connectivity index (χ0v) is 20.5. The molecule has 3 nitrogen and oxygen atoms in total. The Morgan fingerprint density at radius 2 is 1.08 bits per heavy atom. The Balaban J connectivity index is 1.26. The van der Waals surface area contributed by atoms with Crippen molar-refractivity contribution in [2.24, 2.45) is 0 Å². The summed E-state index contributed by atoms with van der Waals surface area (Å²) in [6, 6.07) is 46.7. The van der Waals surface area contributed by atoms with Crippen molar-refractivity contribution in [1.29, 1.82) is 0 Å². The number of pyridine rings is 1. The predicted octanol–water partition coefficient (Wildman–Crippen LogP) is 9.41. The highest BCUT2D eigenvalue weighted by atomic mass is 16.3. The van der Waals surface area contributed by atoms with E-state index in [2.05, 4.69) is 114 Å². The molecule has 0 saturated carbocycles. The van der Waals surface area contributed by atoms with Crippen LogP contribution in [0.1, 0.15) is 0 Å². The summed E-state index contributed by atoms with van der Waals surface area (Å²) in [6.07, 6.45) is 0. The second-order valence-corrected chi connectivity index (χ2v) is 9.60. The zero-order valence-electron chi connectivity index (χ0n) is 20.5. The molecule has 0 unspecified atom stereocenters. The van der Waals surface area contributed by atoms with Gasteiger partial charge in [-0.3, -0.25) is 0 Å². The Hall–Kier alpha value is -5.15. The van der Waals surface area contributed by atoms with Gasteiger partial charge in [-0.2, -0.15) is 0 Å². The summed E-state index contributed by atoms with van der Waals surface area (Å²) in [5, 5.41) is 3.58. The van der Waals surface area contributed by atoms with E-state index in [9.17, 15) is 0 Å². The van der Waals surface area contributed by atoms with Crippen LogP contribution >= 0.6 is 0 Å². The fraction of sp³-hybridized carbons (Fsp3) is 0. The van der Waals surface area contributed by atoms with E-state index < -0.39 is 0 Å². The summed E-state index contributed by atoms with van der Waals surface area (Å²) < 4.78 is 8.35. The van der Waals surface area contributed by atoms with Crippen LogP contribution in [0, 0.1) is 0 Å². The Morgan fingerprint density at radius 1 is 0.474 bits per heavy atom. The maximum absolute atomic E-state index is 6.00. The summed E-state index contributed by atoms with van der Waals surface area (Å²) in [5.74, 6) is 0. The maximum Gasteiger partial charge on any atom is 0.153 e. The van der Waals surface area contributed by atoms with Gasteiger partial charge in [0.2, 0.25) is 0 Å². The largest absolute Gasteiger partial charge is 0.454 e. The molecule has 0 atom stereocenters. The fourth-order valence-electron chi connectivity index (χ4n) is 5.69. The summed E-state index contributed by atoms with van der Waals surface area (Å²) in [5.41, 5.74) is 10.5. The van der Waals surface area contributed by atoms with Gasteiger partial charge in [0.15, 0.2) is 5.58 Å². The molecule has 38 heavy (non-hydrogen) atoms. The molecule has 8 aromatic rings. The molecule has 0 bridgehead atoms. The van der Waals surface area contributed by atoms with Crippen LogP contribution in [-0.4, -0.2) is 9.55 Å². The van der Waals surface area contributed by atoms with Crippen LogP contribution in [0.5, 0.6) is 0 Å². The molecule has 0 radical (unpaired) electrons. The molecule has 3 heteroatoms. The Kier molecular flexibility index (Phi) is 4.52. The molecule has 3 heterocycles.